The summed E-state index contributed by atoms with van der Waals surface area (Å²) < 4.78 is 5.64. The summed E-state index contributed by atoms with van der Waals surface area (Å²) in [4.78, 5) is 26.7. The van der Waals surface area contributed by atoms with Crippen LogP contribution in [-0.4, -0.2) is 35.7 Å². The molecule has 1 aliphatic heterocycles. The van der Waals surface area contributed by atoms with Crippen molar-refractivity contribution in [1.82, 2.24) is 4.90 Å². The van der Waals surface area contributed by atoms with Crippen molar-refractivity contribution < 1.29 is 14.3 Å². The van der Waals surface area contributed by atoms with Crippen molar-refractivity contribution >= 4 is 34.2 Å². The number of rotatable bonds is 6. The van der Waals surface area contributed by atoms with Crippen molar-refractivity contribution in [3.05, 3.63) is 41.5 Å². The van der Waals surface area contributed by atoms with E-state index in [0.29, 0.717) is 41.3 Å². The van der Waals surface area contributed by atoms with Crippen molar-refractivity contribution in [3.63, 3.8) is 0 Å². The molecule has 0 saturated carbocycles. The molecule has 0 radical (unpaired) electrons. The fourth-order valence-corrected chi connectivity index (χ4v) is 2.99. The number of unbranched alkanes of at least 4 members (excludes halogenated alkanes) is 1. The van der Waals surface area contributed by atoms with E-state index in [1.165, 1.54) is 4.90 Å². The summed E-state index contributed by atoms with van der Waals surface area (Å²) in [6.07, 6.45) is 1.74. The van der Waals surface area contributed by atoms with Crippen LogP contribution in [0.25, 0.3) is 10.8 Å². The van der Waals surface area contributed by atoms with E-state index in [1.807, 2.05) is 19.1 Å². The summed E-state index contributed by atoms with van der Waals surface area (Å²) in [5.74, 6) is 0.576. The number of halogens is 1. The minimum Gasteiger partial charge on any atom is -0.492 e. The van der Waals surface area contributed by atoms with Gasteiger partial charge in [-0.05, 0) is 24.6 Å². The predicted octanol–water partition coefficient (Wildman–Crippen LogP) is 3.85. The lowest BCUT2D eigenvalue weighted by molar-refractivity contribution is 0.0608. The quantitative estimate of drug-likeness (QED) is 0.596. The molecule has 0 spiro atoms. The Morgan fingerprint density at radius 1 is 1.09 bits per heavy atom. The van der Waals surface area contributed by atoms with Gasteiger partial charge in [0, 0.05) is 28.4 Å². The third-order valence-electron chi connectivity index (χ3n) is 4.02. The summed E-state index contributed by atoms with van der Waals surface area (Å²) >= 11 is 5.68. The number of carbonyl (C=O) groups excluding carboxylic acids is 2. The Morgan fingerprint density at radius 3 is 2.52 bits per heavy atom. The molecule has 0 fully saturated rings. The second-order valence-electron chi connectivity index (χ2n) is 5.49. The van der Waals surface area contributed by atoms with E-state index >= 15 is 0 Å². The Hall–Kier alpha value is -2.07. The van der Waals surface area contributed by atoms with Gasteiger partial charge in [-0.2, -0.15) is 0 Å². The number of carbonyl (C=O) groups is 2. The third-order valence-corrected chi connectivity index (χ3v) is 4.18. The van der Waals surface area contributed by atoms with Gasteiger partial charge in [0.15, 0.2) is 0 Å². The van der Waals surface area contributed by atoms with Gasteiger partial charge < -0.3 is 4.74 Å². The van der Waals surface area contributed by atoms with E-state index in [0.717, 1.165) is 18.2 Å². The first-order valence-electron chi connectivity index (χ1n) is 7.79. The van der Waals surface area contributed by atoms with Gasteiger partial charge in [0.05, 0.1) is 5.88 Å². The van der Waals surface area contributed by atoms with Crippen LogP contribution >= 0.6 is 11.6 Å². The first kappa shape index (κ1) is 15.8. The van der Waals surface area contributed by atoms with Gasteiger partial charge in [-0.3, -0.25) is 14.5 Å². The number of amides is 2. The maximum absolute atomic E-state index is 12.7. The molecule has 2 aromatic carbocycles. The summed E-state index contributed by atoms with van der Waals surface area (Å²) in [7, 11) is 0. The SMILES string of the molecule is CCCCN1C(=O)c2cccc3c(OCCCl)ccc(c23)C1=O. The lowest BCUT2D eigenvalue weighted by atomic mass is 9.93. The number of ether oxygens (including phenoxy) is 1. The zero-order chi connectivity index (χ0) is 16.4. The van der Waals surface area contributed by atoms with Gasteiger partial charge in [0.25, 0.3) is 11.8 Å². The molecular weight excluding hydrogens is 314 g/mol. The Labute approximate surface area is 140 Å². The van der Waals surface area contributed by atoms with E-state index < -0.39 is 0 Å². The number of nitrogens with zero attached hydrogens (tertiary/aromatic N) is 1. The van der Waals surface area contributed by atoms with Crippen molar-refractivity contribution in [1.29, 1.82) is 0 Å². The highest BCUT2D eigenvalue weighted by Gasteiger charge is 2.32. The molecule has 2 amide bonds. The van der Waals surface area contributed by atoms with Crippen LogP contribution in [0.1, 0.15) is 40.5 Å². The number of alkyl halides is 1. The fourth-order valence-electron chi connectivity index (χ4n) is 2.91. The zero-order valence-corrected chi connectivity index (χ0v) is 13.7. The monoisotopic (exact) mass is 331 g/mol. The maximum atomic E-state index is 12.7. The molecule has 5 heteroatoms. The summed E-state index contributed by atoms with van der Waals surface area (Å²) in [5.41, 5.74) is 1.12. The van der Waals surface area contributed by atoms with E-state index in [9.17, 15) is 9.59 Å². The Bertz CT molecular complexity index is 750. The molecule has 0 bridgehead atoms. The molecule has 120 valence electrons. The molecule has 23 heavy (non-hydrogen) atoms. The van der Waals surface area contributed by atoms with Crippen LogP contribution in [0.15, 0.2) is 30.3 Å². The Balaban J connectivity index is 2.13. The third kappa shape index (κ3) is 2.68. The fraction of sp³-hybridized carbons (Fsp3) is 0.333. The molecular formula is C18H18ClNO3. The number of hydrogen-bond donors (Lipinski definition) is 0. The van der Waals surface area contributed by atoms with E-state index in [4.69, 9.17) is 16.3 Å². The van der Waals surface area contributed by atoms with E-state index in [-0.39, 0.29) is 11.8 Å². The lowest BCUT2D eigenvalue weighted by Gasteiger charge is -2.27. The van der Waals surface area contributed by atoms with Crippen LogP contribution in [0.5, 0.6) is 5.75 Å². The topological polar surface area (TPSA) is 46.6 Å². The van der Waals surface area contributed by atoms with Crippen LogP contribution in [0.3, 0.4) is 0 Å². The van der Waals surface area contributed by atoms with Crippen molar-refractivity contribution in [2.75, 3.05) is 19.0 Å². The van der Waals surface area contributed by atoms with Crippen LogP contribution in [-0.2, 0) is 0 Å². The first-order valence-corrected chi connectivity index (χ1v) is 8.33. The van der Waals surface area contributed by atoms with Crippen LogP contribution in [0.4, 0.5) is 0 Å². The van der Waals surface area contributed by atoms with E-state index in [2.05, 4.69) is 0 Å². The van der Waals surface area contributed by atoms with Crippen LogP contribution in [0.2, 0.25) is 0 Å². The summed E-state index contributed by atoms with van der Waals surface area (Å²) in [6.45, 7) is 2.87. The minimum atomic E-state index is -0.226. The first-order chi connectivity index (χ1) is 11.2. The molecule has 0 atom stereocenters. The lowest BCUT2D eigenvalue weighted by Crippen LogP contribution is -2.40. The second-order valence-corrected chi connectivity index (χ2v) is 5.87. The van der Waals surface area contributed by atoms with Crippen LogP contribution < -0.4 is 4.74 Å². The highest BCUT2D eigenvalue weighted by molar-refractivity contribution is 6.26. The number of hydrogen-bond acceptors (Lipinski definition) is 3. The Kier molecular flexibility index (Phi) is 4.53. The maximum Gasteiger partial charge on any atom is 0.261 e. The van der Waals surface area contributed by atoms with Crippen LogP contribution in [0, 0.1) is 0 Å². The highest BCUT2D eigenvalue weighted by atomic mass is 35.5. The number of benzene rings is 2. The molecule has 0 aliphatic carbocycles. The van der Waals surface area contributed by atoms with Gasteiger partial charge >= 0.3 is 0 Å². The zero-order valence-electron chi connectivity index (χ0n) is 13.0. The molecule has 0 unspecified atom stereocenters. The summed E-state index contributed by atoms with van der Waals surface area (Å²) in [6, 6.07) is 8.97. The van der Waals surface area contributed by atoms with Gasteiger partial charge in [-0.15, -0.1) is 11.6 Å². The predicted molar refractivity (Wildman–Crippen MR) is 90.4 cm³/mol. The summed E-state index contributed by atoms with van der Waals surface area (Å²) in [5, 5.41) is 1.46. The molecule has 4 nitrogen and oxygen atoms in total. The van der Waals surface area contributed by atoms with Crippen molar-refractivity contribution in [3.8, 4) is 5.75 Å². The smallest absolute Gasteiger partial charge is 0.261 e. The number of imide groups is 1. The molecule has 0 N–H and O–H groups in total. The molecule has 0 aromatic heterocycles. The molecule has 3 rings (SSSR count). The average molecular weight is 332 g/mol. The standard InChI is InChI=1S/C18H18ClNO3/c1-2-3-10-20-17(21)13-6-4-5-12-15(23-11-9-19)8-7-14(16(12)13)18(20)22/h4-8H,2-3,9-11H2,1H3. The molecule has 1 heterocycles. The molecule has 1 aliphatic rings. The van der Waals surface area contributed by atoms with Crippen molar-refractivity contribution in [2.45, 2.75) is 19.8 Å². The Morgan fingerprint density at radius 2 is 1.83 bits per heavy atom. The van der Waals surface area contributed by atoms with Gasteiger partial charge in [-0.1, -0.05) is 25.5 Å². The van der Waals surface area contributed by atoms with Gasteiger partial charge in [-0.25, -0.2) is 0 Å². The average Bonchev–Trinajstić information content (AvgIpc) is 2.58. The second kappa shape index (κ2) is 6.59. The largest absolute Gasteiger partial charge is 0.492 e. The van der Waals surface area contributed by atoms with Crippen molar-refractivity contribution in [2.24, 2.45) is 0 Å². The van der Waals surface area contributed by atoms with E-state index in [1.54, 1.807) is 18.2 Å². The van der Waals surface area contributed by atoms with Gasteiger partial charge in [0.2, 0.25) is 0 Å². The minimum absolute atomic E-state index is 0.226. The normalized spacial score (nSPS) is 13.7. The van der Waals surface area contributed by atoms with Gasteiger partial charge in [0.1, 0.15) is 12.4 Å². The highest BCUT2D eigenvalue weighted by Crippen LogP contribution is 2.35. The molecule has 2 aromatic rings. The molecule has 0 saturated heterocycles.